The number of benzene rings is 2. The van der Waals surface area contributed by atoms with E-state index in [9.17, 15) is 9.59 Å². The fraction of sp³-hybridized carbons (Fsp3) is 0.182. The average molecular weight is 397 g/mol. The quantitative estimate of drug-likeness (QED) is 0.613. The molecule has 1 amide bonds. The summed E-state index contributed by atoms with van der Waals surface area (Å²) in [5, 5.41) is 0.906. The Bertz CT molecular complexity index is 1090. The molecule has 3 aromatic rings. The highest BCUT2D eigenvalue weighted by molar-refractivity contribution is 6.36. The van der Waals surface area contributed by atoms with Crippen LogP contribution in [0.1, 0.15) is 22.8 Å². The monoisotopic (exact) mass is 396 g/mol. The van der Waals surface area contributed by atoms with Gasteiger partial charge in [-0.3, -0.25) is 9.59 Å². The van der Waals surface area contributed by atoms with Gasteiger partial charge in [-0.1, -0.05) is 48.5 Å². The van der Waals surface area contributed by atoms with E-state index in [0.29, 0.717) is 28.2 Å². The van der Waals surface area contributed by atoms with Crippen molar-refractivity contribution in [3.05, 3.63) is 81.6 Å². The molecule has 3 rings (SSSR count). The summed E-state index contributed by atoms with van der Waals surface area (Å²) >= 11 is 6.42. The van der Waals surface area contributed by atoms with Crippen LogP contribution in [0, 0.1) is 6.92 Å². The van der Waals surface area contributed by atoms with Crippen molar-refractivity contribution in [2.45, 2.75) is 13.8 Å². The summed E-state index contributed by atoms with van der Waals surface area (Å²) in [5.74, 6) is -0.278. The van der Waals surface area contributed by atoms with E-state index >= 15 is 0 Å². The van der Waals surface area contributed by atoms with Crippen molar-refractivity contribution in [3.8, 4) is 5.75 Å². The van der Waals surface area contributed by atoms with Crippen molar-refractivity contribution < 1.29 is 9.53 Å². The molecule has 0 aliphatic rings. The van der Waals surface area contributed by atoms with E-state index in [4.69, 9.17) is 16.3 Å². The molecule has 0 aliphatic heterocycles. The van der Waals surface area contributed by atoms with Gasteiger partial charge in [-0.25, -0.2) is 0 Å². The van der Waals surface area contributed by atoms with Crippen molar-refractivity contribution in [1.29, 1.82) is 0 Å². The maximum atomic E-state index is 13.4. The van der Waals surface area contributed by atoms with Crippen molar-refractivity contribution in [3.63, 3.8) is 0 Å². The lowest BCUT2D eigenvalue weighted by Crippen LogP contribution is -2.35. The number of nitrogens with zero attached hydrogens (tertiary/aromatic N) is 1. The Balaban J connectivity index is 2.28. The number of H-pyrrole nitrogens is 1. The van der Waals surface area contributed by atoms with E-state index in [1.165, 1.54) is 4.90 Å². The van der Waals surface area contributed by atoms with Gasteiger partial charge >= 0.3 is 0 Å². The van der Waals surface area contributed by atoms with E-state index < -0.39 is 11.5 Å². The molecular weight excluding hydrogens is 376 g/mol. The number of pyridine rings is 1. The molecule has 1 heterocycles. The number of carbonyl (C=O) groups excluding carboxylic acids is 1. The second-order valence-corrected chi connectivity index (χ2v) is 6.66. The molecule has 0 bridgehead atoms. The van der Waals surface area contributed by atoms with Crippen molar-refractivity contribution in [2.75, 3.05) is 18.1 Å². The smallest absolute Gasteiger partial charge is 0.267 e. The predicted octanol–water partition coefficient (Wildman–Crippen LogP) is 4.72. The maximum absolute atomic E-state index is 13.4. The number of hydrogen-bond donors (Lipinski definition) is 1. The molecule has 0 unspecified atom stereocenters. The van der Waals surface area contributed by atoms with Crippen molar-refractivity contribution in [1.82, 2.24) is 4.98 Å². The third-order valence-corrected chi connectivity index (χ3v) is 4.79. The number of fused-ring (bicyclic) bond motifs is 1. The van der Waals surface area contributed by atoms with Gasteiger partial charge in [0.15, 0.2) is 0 Å². The van der Waals surface area contributed by atoms with Crippen LogP contribution < -0.4 is 15.2 Å². The lowest BCUT2D eigenvalue weighted by atomic mass is 10.1. The molecule has 28 heavy (non-hydrogen) atoms. The first-order valence-corrected chi connectivity index (χ1v) is 9.33. The van der Waals surface area contributed by atoms with E-state index in [1.54, 1.807) is 12.1 Å². The molecule has 6 heteroatoms. The SMILES string of the molecule is C=CCOc1c(C(=O)N(CC)c2ccccc2)c(=O)[nH]c2c(C)ccc(Cl)c12. The van der Waals surface area contributed by atoms with E-state index in [0.717, 1.165) is 5.56 Å². The highest BCUT2D eigenvalue weighted by Gasteiger charge is 2.27. The Morgan fingerprint density at radius 1 is 1.25 bits per heavy atom. The second-order valence-electron chi connectivity index (χ2n) is 6.26. The Morgan fingerprint density at radius 2 is 1.96 bits per heavy atom. The van der Waals surface area contributed by atoms with E-state index in [2.05, 4.69) is 11.6 Å². The molecule has 0 aliphatic carbocycles. The maximum Gasteiger partial charge on any atom is 0.267 e. The van der Waals surface area contributed by atoms with Crippen molar-refractivity contribution >= 4 is 34.1 Å². The Kier molecular flexibility index (Phi) is 5.85. The summed E-state index contributed by atoms with van der Waals surface area (Å²) in [7, 11) is 0. The number of aryl methyl sites for hydroxylation is 1. The number of aromatic amines is 1. The number of nitrogens with one attached hydrogen (secondary N) is 1. The van der Waals surface area contributed by atoms with Crippen LogP contribution in [0.15, 0.2) is 59.9 Å². The highest BCUT2D eigenvalue weighted by atomic mass is 35.5. The van der Waals surface area contributed by atoms with Gasteiger partial charge in [0.1, 0.15) is 17.9 Å². The summed E-state index contributed by atoms with van der Waals surface area (Å²) in [4.78, 5) is 30.6. The van der Waals surface area contributed by atoms with Crippen molar-refractivity contribution in [2.24, 2.45) is 0 Å². The number of anilines is 1. The Labute approximate surface area is 168 Å². The predicted molar refractivity (Wildman–Crippen MR) is 114 cm³/mol. The molecule has 1 N–H and O–H groups in total. The van der Waals surface area contributed by atoms with Crippen LogP contribution in [0.5, 0.6) is 5.75 Å². The van der Waals surface area contributed by atoms with Crippen LogP contribution in [0.4, 0.5) is 5.69 Å². The van der Waals surface area contributed by atoms with Crippen LogP contribution in [-0.2, 0) is 0 Å². The summed E-state index contributed by atoms with van der Waals surface area (Å²) in [6.07, 6.45) is 1.56. The number of ether oxygens (including phenoxy) is 1. The van der Waals surface area contributed by atoms with Gasteiger partial charge in [-0.15, -0.1) is 0 Å². The molecule has 0 fully saturated rings. The van der Waals surface area contributed by atoms with Crippen LogP contribution in [0.25, 0.3) is 10.9 Å². The minimum Gasteiger partial charge on any atom is -0.488 e. The van der Waals surface area contributed by atoms with Crippen LogP contribution in [0.3, 0.4) is 0 Å². The molecule has 144 valence electrons. The second kappa shape index (κ2) is 8.31. The first kappa shape index (κ1) is 19.7. The zero-order valence-electron chi connectivity index (χ0n) is 15.8. The number of amides is 1. The van der Waals surface area contributed by atoms with Crippen LogP contribution >= 0.6 is 11.6 Å². The molecule has 5 nitrogen and oxygen atoms in total. The molecule has 0 saturated heterocycles. The van der Waals surface area contributed by atoms with Gasteiger partial charge < -0.3 is 14.6 Å². The van der Waals surface area contributed by atoms with Gasteiger partial charge in [0.25, 0.3) is 11.5 Å². The fourth-order valence-electron chi connectivity index (χ4n) is 3.14. The number of carbonyl (C=O) groups is 1. The lowest BCUT2D eigenvalue weighted by Gasteiger charge is -2.22. The molecule has 0 saturated carbocycles. The van der Waals surface area contributed by atoms with Gasteiger partial charge in [0.2, 0.25) is 0 Å². The lowest BCUT2D eigenvalue weighted by molar-refractivity contribution is 0.0983. The largest absolute Gasteiger partial charge is 0.488 e. The van der Waals surface area contributed by atoms with Gasteiger partial charge in [-0.05, 0) is 37.6 Å². The first-order valence-electron chi connectivity index (χ1n) is 8.95. The number of halogens is 1. The average Bonchev–Trinajstić information content (AvgIpc) is 2.70. The number of aromatic nitrogens is 1. The van der Waals surface area contributed by atoms with Crippen LogP contribution in [-0.4, -0.2) is 24.0 Å². The first-order chi connectivity index (χ1) is 13.5. The van der Waals surface area contributed by atoms with Gasteiger partial charge in [-0.2, -0.15) is 0 Å². The van der Waals surface area contributed by atoms with Gasteiger partial charge in [0.05, 0.1) is 15.9 Å². The topological polar surface area (TPSA) is 62.4 Å². The molecule has 0 spiro atoms. The standard InChI is InChI=1S/C22H21ClN2O3/c1-4-13-28-20-17-16(23)12-11-14(3)19(17)24-21(26)18(20)22(27)25(5-2)15-9-7-6-8-10-15/h4,6-12H,1,5,13H2,2-3H3,(H,24,26). The van der Waals surface area contributed by atoms with E-state index in [1.807, 2.05) is 50.2 Å². The third-order valence-electron chi connectivity index (χ3n) is 4.47. The summed E-state index contributed by atoms with van der Waals surface area (Å²) in [5.41, 5.74) is 1.48. The molecular formula is C22H21ClN2O3. The Hall–Kier alpha value is -3.05. The molecule has 1 aromatic heterocycles. The summed E-state index contributed by atoms with van der Waals surface area (Å²) in [6.45, 7) is 7.89. The van der Waals surface area contributed by atoms with E-state index in [-0.39, 0.29) is 17.9 Å². The third kappa shape index (κ3) is 3.53. The zero-order chi connectivity index (χ0) is 20.3. The Morgan fingerprint density at radius 3 is 2.61 bits per heavy atom. The van der Waals surface area contributed by atoms with Gasteiger partial charge in [0, 0.05) is 12.2 Å². The van der Waals surface area contributed by atoms with Crippen LogP contribution in [0.2, 0.25) is 5.02 Å². The highest BCUT2D eigenvalue weighted by Crippen LogP contribution is 2.35. The zero-order valence-corrected chi connectivity index (χ0v) is 16.5. The summed E-state index contributed by atoms with van der Waals surface area (Å²) < 4.78 is 5.80. The fourth-order valence-corrected chi connectivity index (χ4v) is 3.38. The molecule has 0 atom stereocenters. The number of para-hydroxylation sites is 1. The number of rotatable bonds is 6. The minimum atomic E-state index is -0.517. The number of hydrogen-bond acceptors (Lipinski definition) is 3. The molecule has 0 radical (unpaired) electrons. The normalized spacial score (nSPS) is 10.7. The molecule has 2 aromatic carbocycles. The minimum absolute atomic E-state index is 0.0763. The summed E-state index contributed by atoms with van der Waals surface area (Å²) in [6, 6.07) is 12.7.